The number of nitrogens with two attached hydrogens (primary N) is 1. The van der Waals surface area contributed by atoms with Gasteiger partial charge in [0, 0.05) is 24.1 Å². The average Bonchev–Trinajstić information content (AvgIpc) is 3.38. The molecule has 1 spiro atoms. The zero-order valence-electron chi connectivity index (χ0n) is 21.0. The molecule has 0 radical (unpaired) electrons. The molecule has 2 N–H and O–H groups in total. The van der Waals surface area contributed by atoms with Crippen molar-refractivity contribution in [2.75, 3.05) is 25.4 Å². The topological polar surface area (TPSA) is 54.0 Å². The maximum absolute atomic E-state index is 13.2. The number of hydrogen-bond donors (Lipinski definition) is 1. The third kappa shape index (κ3) is 7.37. The maximum Gasteiger partial charge on any atom is 0.123 e. The fourth-order valence-corrected chi connectivity index (χ4v) is 6.11. The second-order valence-corrected chi connectivity index (χ2v) is 11.2. The zero-order valence-corrected chi connectivity index (χ0v) is 21.8. The van der Waals surface area contributed by atoms with E-state index in [9.17, 15) is 4.39 Å². The van der Waals surface area contributed by atoms with Gasteiger partial charge in [-0.15, -0.1) is 16.9 Å². The number of benzene rings is 1. The van der Waals surface area contributed by atoms with Crippen molar-refractivity contribution in [3.63, 3.8) is 0 Å². The Morgan fingerprint density at radius 2 is 1.82 bits per heavy atom. The molecule has 2 aliphatic carbocycles. The molecule has 6 heteroatoms. The molecule has 1 heterocycles. The van der Waals surface area contributed by atoms with Gasteiger partial charge < -0.3 is 10.6 Å². The monoisotopic (exact) mass is 474 g/mol. The summed E-state index contributed by atoms with van der Waals surface area (Å²) in [6, 6.07) is 7.54. The Hall–Kier alpha value is -1.24. The van der Waals surface area contributed by atoms with Crippen molar-refractivity contribution < 1.29 is 4.39 Å². The molecule has 1 saturated heterocycles. The summed E-state index contributed by atoms with van der Waals surface area (Å²) >= 11 is 1.82. The third-order valence-electron chi connectivity index (χ3n) is 7.57. The highest BCUT2D eigenvalue weighted by Gasteiger charge is 2.57. The summed E-state index contributed by atoms with van der Waals surface area (Å²) in [6.07, 6.45) is 8.24. The molecule has 4 rings (SSSR count). The van der Waals surface area contributed by atoms with E-state index in [1.54, 1.807) is 12.1 Å². The first-order valence-electron chi connectivity index (χ1n) is 12.9. The molecule has 0 amide bonds. The molecular formula is C27H43FN4S. The number of hydrogen-bond acceptors (Lipinski definition) is 5. The van der Waals surface area contributed by atoms with Crippen LogP contribution in [0.2, 0.25) is 0 Å². The van der Waals surface area contributed by atoms with Crippen LogP contribution in [0.25, 0.3) is 0 Å². The molecule has 3 fully saturated rings. The molecular weight excluding hydrogens is 431 g/mol. The summed E-state index contributed by atoms with van der Waals surface area (Å²) in [4.78, 5) is 2.62. The predicted octanol–water partition coefficient (Wildman–Crippen LogP) is 6.47. The van der Waals surface area contributed by atoms with Gasteiger partial charge in [-0.3, -0.25) is 0 Å². The van der Waals surface area contributed by atoms with Crippen molar-refractivity contribution in [2.24, 2.45) is 27.3 Å². The SMILES string of the molecule is C/C(=N\N=C(/C)C1CCC(N)CC1)SCCCN1CCC2(CC2c2ccc(F)cc2)C1.CC. The molecule has 2 unspecified atom stereocenters. The molecule has 33 heavy (non-hydrogen) atoms. The van der Waals surface area contributed by atoms with Crippen LogP contribution >= 0.6 is 11.8 Å². The first-order valence-corrected chi connectivity index (χ1v) is 13.9. The Labute approximate surface area is 204 Å². The third-order valence-corrected chi connectivity index (χ3v) is 8.56. The van der Waals surface area contributed by atoms with Gasteiger partial charge in [-0.25, -0.2) is 4.39 Å². The molecule has 2 saturated carbocycles. The van der Waals surface area contributed by atoms with Crippen LogP contribution in [0.4, 0.5) is 4.39 Å². The van der Waals surface area contributed by atoms with E-state index in [-0.39, 0.29) is 5.82 Å². The van der Waals surface area contributed by atoms with E-state index >= 15 is 0 Å². The zero-order chi connectivity index (χ0) is 23.8. The Kier molecular flexibility index (Phi) is 9.95. The van der Waals surface area contributed by atoms with Crippen molar-refractivity contribution >= 4 is 22.5 Å². The van der Waals surface area contributed by atoms with E-state index in [0.717, 1.165) is 48.7 Å². The molecule has 1 aromatic carbocycles. The first kappa shape index (κ1) is 26.4. The van der Waals surface area contributed by atoms with E-state index in [2.05, 4.69) is 29.0 Å². The molecule has 0 bridgehead atoms. The molecule has 4 nitrogen and oxygen atoms in total. The Morgan fingerprint density at radius 3 is 2.52 bits per heavy atom. The van der Waals surface area contributed by atoms with Gasteiger partial charge in [0.15, 0.2) is 0 Å². The highest BCUT2D eigenvalue weighted by Crippen LogP contribution is 2.64. The molecule has 2 atom stereocenters. The van der Waals surface area contributed by atoms with E-state index in [1.807, 2.05) is 37.7 Å². The van der Waals surface area contributed by atoms with Gasteiger partial charge in [0.2, 0.25) is 0 Å². The van der Waals surface area contributed by atoms with Gasteiger partial charge in [0.1, 0.15) is 5.82 Å². The minimum Gasteiger partial charge on any atom is -0.328 e. The standard InChI is InChI=1S/C25H37FN4S.C2H6/c1-18(20-6-10-23(27)11-7-20)28-29-19(2)31-15-3-13-30-14-12-25(17-30)16-24(25)21-4-8-22(26)9-5-21;1-2/h4-5,8-9,20,23-24H,3,6-7,10-17,27H2,1-2H3;1-2H3/b28-18+,29-19+;. The van der Waals surface area contributed by atoms with Gasteiger partial charge >= 0.3 is 0 Å². The summed E-state index contributed by atoms with van der Waals surface area (Å²) in [5.41, 5.74) is 8.94. The summed E-state index contributed by atoms with van der Waals surface area (Å²) in [6.45, 7) is 11.7. The Balaban J connectivity index is 0.00000149. The molecule has 1 aromatic rings. The van der Waals surface area contributed by atoms with Gasteiger partial charge in [0.25, 0.3) is 0 Å². The quantitative estimate of drug-likeness (QED) is 0.213. The number of thioether (sulfide) groups is 1. The fraction of sp³-hybridized carbons (Fsp3) is 0.704. The second-order valence-electron chi connectivity index (χ2n) is 9.87. The van der Waals surface area contributed by atoms with Gasteiger partial charge in [-0.05, 0) is 107 Å². The lowest BCUT2D eigenvalue weighted by Crippen LogP contribution is -2.29. The number of halogens is 1. The second kappa shape index (κ2) is 12.5. The molecule has 0 aromatic heterocycles. The van der Waals surface area contributed by atoms with E-state index < -0.39 is 0 Å². The highest BCUT2D eigenvalue weighted by molar-refractivity contribution is 8.13. The van der Waals surface area contributed by atoms with Crippen LogP contribution < -0.4 is 5.73 Å². The lowest BCUT2D eigenvalue weighted by Gasteiger charge is -2.25. The Morgan fingerprint density at radius 1 is 1.12 bits per heavy atom. The van der Waals surface area contributed by atoms with Crippen LogP contribution in [0.15, 0.2) is 34.5 Å². The lowest BCUT2D eigenvalue weighted by atomic mass is 9.84. The van der Waals surface area contributed by atoms with Gasteiger partial charge in [-0.2, -0.15) is 5.10 Å². The normalized spacial score (nSPS) is 30.3. The first-order chi connectivity index (χ1) is 15.9. The minimum absolute atomic E-state index is 0.137. The minimum atomic E-state index is -0.137. The van der Waals surface area contributed by atoms with Gasteiger partial charge in [-0.1, -0.05) is 26.0 Å². The van der Waals surface area contributed by atoms with Crippen molar-refractivity contribution in [1.29, 1.82) is 0 Å². The van der Waals surface area contributed by atoms with Crippen LogP contribution in [-0.2, 0) is 0 Å². The summed E-state index contributed by atoms with van der Waals surface area (Å²) in [7, 11) is 0. The van der Waals surface area contributed by atoms with Crippen LogP contribution in [-0.4, -0.2) is 47.1 Å². The summed E-state index contributed by atoms with van der Waals surface area (Å²) in [5, 5.41) is 10.0. The largest absolute Gasteiger partial charge is 0.328 e. The number of likely N-dealkylation sites (tertiary alicyclic amines) is 1. The number of nitrogens with zero attached hydrogens (tertiary/aromatic N) is 3. The van der Waals surface area contributed by atoms with Crippen molar-refractivity contribution in [3.05, 3.63) is 35.6 Å². The van der Waals surface area contributed by atoms with Crippen molar-refractivity contribution in [2.45, 2.75) is 84.6 Å². The highest BCUT2D eigenvalue weighted by atomic mass is 32.2. The molecule has 1 aliphatic heterocycles. The predicted molar refractivity (Wildman–Crippen MR) is 142 cm³/mol. The summed E-state index contributed by atoms with van der Waals surface area (Å²) in [5.74, 6) is 2.14. The van der Waals surface area contributed by atoms with Crippen LogP contribution in [0.5, 0.6) is 0 Å². The maximum atomic E-state index is 13.2. The van der Waals surface area contributed by atoms with E-state index in [4.69, 9.17) is 5.73 Å². The summed E-state index contributed by atoms with van der Waals surface area (Å²) < 4.78 is 13.2. The Bertz CT molecular complexity index is 801. The van der Waals surface area contributed by atoms with Crippen LogP contribution in [0.3, 0.4) is 0 Å². The van der Waals surface area contributed by atoms with Crippen LogP contribution in [0.1, 0.15) is 84.1 Å². The van der Waals surface area contributed by atoms with Crippen molar-refractivity contribution in [1.82, 2.24) is 4.90 Å². The van der Waals surface area contributed by atoms with E-state index in [0.29, 0.717) is 23.3 Å². The van der Waals surface area contributed by atoms with Gasteiger partial charge in [0.05, 0.1) is 5.04 Å². The molecule has 184 valence electrons. The average molecular weight is 475 g/mol. The molecule has 3 aliphatic rings. The number of rotatable bonds is 7. The van der Waals surface area contributed by atoms with Crippen molar-refractivity contribution in [3.8, 4) is 0 Å². The fourth-order valence-electron chi connectivity index (χ4n) is 5.45. The van der Waals surface area contributed by atoms with Crippen LogP contribution in [0, 0.1) is 17.2 Å². The van der Waals surface area contributed by atoms with E-state index in [1.165, 1.54) is 37.9 Å². The lowest BCUT2D eigenvalue weighted by molar-refractivity contribution is 0.319. The smallest absolute Gasteiger partial charge is 0.123 e.